The molecule has 1 N–H and O–H groups in total. The smallest absolute Gasteiger partial charge is 0.303 e. The second-order valence-corrected chi connectivity index (χ2v) is 5.15. The van der Waals surface area contributed by atoms with Crippen LogP contribution < -0.4 is 0 Å². The summed E-state index contributed by atoms with van der Waals surface area (Å²) in [7, 11) is 0. The molecular weight excluding hydrogens is 248 g/mol. The molecule has 0 radical (unpaired) electrons. The summed E-state index contributed by atoms with van der Waals surface area (Å²) in [4.78, 5) is 26.5. The van der Waals surface area contributed by atoms with Gasteiger partial charge in [0, 0.05) is 38.6 Å². The minimum atomic E-state index is -0.906. The molecule has 6 heteroatoms. The Morgan fingerprint density at radius 3 is 2.26 bits per heavy atom. The molecule has 0 saturated carbocycles. The zero-order valence-corrected chi connectivity index (χ0v) is 11.2. The Balaban J connectivity index is 1.72. The molecule has 0 unspecified atom stereocenters. The Kier molecular flexibility index (Phi) is 5.15. The Morgan fingerprint density at radius 2 is 1.68 bits per heavy atom. The first-order chi connectivity index (χ1) is 9.16. The topological polar surface area (TPSA) is 70.1 Å². The standard InChI is InChI=1S/C13H22N2O4/c16-12(1-2-13(17)18)15-5-3-11(4-6-15)14-7-9-19-10-8-14/h11H,1-10H2,(H,17,18). The van der Waals surface area contributed by atoms with Crippen LogP contribution in [-0.2, 0) is 14.3 Å². The molecule has 0 spiro atoms. The number of carboxylic acid groups (broad SMARTS) is 1. The zero-order chi connectivity index (χ0) is 13.7. The minimum Gasteiger partial charge on any atom is -0.481 e. The van der Waals surface area contributed by atoms with Gasteiger partial charge in [0.05, 0.1) is 19.6 Å². The van der Waals surface area contributed by atoms with Gasteiger partial charge in [0.25, 0.3) is 0 Å². The molecular formula is C13H22N2O4. The van der Waals surface area contributed by atoms with E-state index in [0.29, 0.717) is 6.04 Å². The summed E-state index contributed by atoms with van der Waals surface area (Å²) in [5, 5.41) is 8.58. The van der Waals surface area contributed by atoms with Crippen LogP contribution in [0.5, 0.6) is 0 Å². The van der Waals surface area contributed by atoms with E-state index >= 15 is 0 Å². The van der Waals surface area contributed by atoms with Gasteiger partial charge in [-0.15, -0.1) is 0 Å². The SMILES string of the molecule is O=C(O)CCC(=O)N1CCC(N2CCOCC2)CC1. The van der Waals surface area contributed by atoms with Crippen LogP contribution in [0.3, 0.4) is 0 Å². The molecule has 1 amide bonds. The number of hydrogen-bond acceptors (Lipinski definition) is 4. The predicted octanol–water partition coefficient (Wildman–Crippen LogP) is 0.174. The van der Waals surface area contributed by atoms with Gasteiger partial charge in [0.2, 0.25) is 5.91 Å². The van der Waals surface area contributed by atoms with Gasteiger partial charge >= 0.3 is 5.97 Å². The summed E-state index contributed by atoms with van der Waals surface area (Å²) >= 11 is 0. The van der Waals surface area contributed by atoms with E-state index < -0.39 is 5.97 Å². The summed E-state index contributed by atoms with van der Waals surface area (Å²) < 4.78 is 5.34. The monoisotopic (exact) mass is 270 g/mol. The van der Waals surface area contributed by atoms with Crippen LogP contribution in [0.4, 0.5) is 0 Å². The number of carboxylic acids is 1. The largest absolute Gasteiger partial charge is 0.481 e. The maximum atomic E-state index is 11.8. The highest BCUT2D eigenvalue weighted by Gasteiger charge is 2.27. The fourth-order valence-corrected chi connectivity index (χ4v) is 2.80. The van der Waals surface area contributed by atoms with Crippen LogP contribution in [0.25, 0.3) is 0 Å². The fraction of sp³-hybridized carbons (Fsp3) is 0.846. The lowest BCUT2D eigenvalue weighted by molar-refractivity contribution is -0.141. The summed E-state index contributed by atoms with van der Waals surface area (Å²) in [5.41, 5.74) is 0. The molecule has 6 nitrogen and oxygen atoms in total. The van der Waals surface area contributed by atoms with E-state index in [-0.39, 0.29) is 18.7 Å². The quantitative estimate of drug-likeness (QED) is 0.789. The average Bonchev–Trinajstić information content (AvgIpc) is 2.46. The van der Waals surface area contributed by atoms with E-state index in [4.69, 9.17) is 9.84 Å². The van der Waals surface area contributed by atoms with E-state index in [1.54, 1.807) is 4.90 Å². The second-order valence-electron chi connectivity index (χ2n) is 5.15. The summed E-state index contributed by atoms with van der Waals surface area (Å²) in [6, 6.07) is 0.549. The van der Waals surface area contributed by atoms with Crippen molar-refractivity contribution < 1.29 is 19.4 Å². The van der Waals surface area contributed by atoms with Crippen molar-refractivity contribution in [1.29, 1.82) is 0 Å². The number of carbonyl (C=O) groups excluding carboxylic acids is 1. The first-order valence-corrected chi connectivity index (χ1v) is 6.98. The molecule has 0 aromatic carbocycles. The molecule has 19 heavy (non-hydrogen) atoms. The van der Waals surface area contributed by atoms with Gasteiger partial charge in [-0.25, -0.2) is 0 Å². The zero-order valence-electron chi connectivity index (χ0n) is 11.2. The van der Waals surface area contributed by atoms with E-state index in [0.717, 1.165) is 52.2 Å². The van der Waals surface area contributed by atoms with Gasteiger partial charge in [-0.2, -0.15) is 0 Å². The highest BCUT2D eigenvalue weighted by Crippen LogP contribution is 2.18. The number of likely N-dealkylation sites (tertiary alicyclic amines) is 1. The fourth-order valence-electron chi connectivity index (χ4n) is 2.80. The molecule has 0 aromatic heterocycles. The molecule has 2 aliphatic rings. The molecule has 2 rings (SSSR count). The molecule has 0 bridgehead atoms. The number of hydrogen-bond donors (Lipinski definition) is 1. The number of nitrogens with zero attached hydrogens (tertiary/aromatic N) is 2. The summed E-state index contributed by atoms with van der Waals surface area (Å²) in [6.45, 7) is 5.08. The maximum Gasteiger partial charge on any atom is 0.303 e. The van der Waals surface area contributed by atoms with Crippen LogP contribution in [0.1, 0.15) is 25.7 Å². The average molecular weight is 270 g/mol. The normalized spacial score (nSPS) is 22.4. The predicted molar refractivity (Wildman–Crippen MR) is 68.9 cm³/mol. The lowest BCUT2D eigenvalue weighted by Crippen LogP contribution is -2.50. The molecule has 108 valence electrons. The summed E-state index contributed by atoms with van der Waals surface area (Å²) in [5.74, 6) is -0.931. The van der Waals surface area contributed by atoms with Gasteiger partial charge in [-0.3, -0.25) is 14.5 Å². The van der Waals surface area contributed by atoms with Gasteiger partial charge in [0.1, 0.15) is 0 Å². The number of piperidine rings is 1. The Morgan fingerprint density at radius 1 is 1.05 bits per heavy atom. The van der Waals surface area contributed by atoms with E-state index in [1.807, 2.05) is 0 Å². The van der Waals surface area contributed by atoms with Crippen LogP contribution in [0.2, 0.25) is 0 Å². The van der Waals surface area contributed by atoms with Crippen molar-refractivity contribution >= 4 is 11.9 Å². The van der Waals surface area contributed by atoms with Crippen molar-refractivity contribution in [2.24, 2.45) is 0 Å². The van der Waals surface area contributed by atoms with Crippen LogP contribution in [-0.4, -0.2) is 72.2 Å². The summed E-state index contributed by atoms with van der Waals surface area (Å²) in [6.07, 6.45) is 2.03. The lowest BCUT2D eigenvalue weighted by Gasteiger charge is -2.40. The number of ether oxygens (including phenoxy) is 1. The van der Waals surface area contributed by atoms with E-state index in [2.05, 4.69) is 4.90 Å². The number of aliphatic carboxylic acids is 1. The number of carbonyl (C=O) groups is 2. The lowest BCUT2D eigenvalue weighted by atomic mass is 10.0. The van der Waals surface area contributed by atoms with Crippen molar-refractivity contribution in [3.8, 4) is 0 Å². The van der Waals surface area contributed by atoms with Crippen molar-refractivity contribution in [3.63, 3.8) is 0 Å². The first kappa shape index (κ1) is 14.3. The van der Waals surface area contributed by atoms with Gasteiger partial charge in [-0.1, -0.05) is 0 Å². The Hall–Kier alpha value is -1.14. The number of morpholine rings is 1. The number of amides is 1. The van der Waals surface area contributed by atoms with Crippen molar-refractivity contribution in [2.45, 2.75) is 31.7 Å². The van der Waals surface area contributed by atoms with Crippen LogP contribution >= 0.6 is 0 Å². The second kappa shape index (κ2) is 6.86. The molecule has 2 fully saturated rings. The highest BCUT2D eigenvalue weighted by molar-refractivity contribution is 5.80. The Bertz CT molecular complexity index is 321. The molecule has 2 saturated heterocycles. The Labute approximate surface area is 113 Å². The highest BCUT2D eigenvalue weighted by atomic mass is 16.5. The third-order valence-electron chi connectivity index (χ3n) is 3.93. The third kappa shape index (κ3) is 4.18. The van der Waals surface area contributed by atoms with Gasteiger partial charge < -0.3 is 14.7 Å². The van der Waals surface area contributed by atoms with E-state index in [9.17, 15) is 9.59 Å². The molecule has 2 heterocycles. The van der Waals surface area contributed by atoms with E-state index in [1.165, 1.54) is 0 Å². The maximum absolute atomic E-state index is 11.8. The minimum absolute atomic E-state index is 0.0252. The van der Waals surface area contributed by atoms with Gasteiger partial charge in [0.15, 0.2) is 0 Å². The molecule has 0 aromatic rings. The molecule has 2 aliphatic heterocycles. The first-order valence-electron chi connectivity index (χ1n) is 6.98. The van der Waals surface area contributed by atoms with Crippen LogP contribution in [0.15, 0.2) is 0 Å². The third-order valence-corrected chi connectivity index (χ3v) is 3.93. The van der Waals surface area contributed by atoms with Gasteiger partial charge in [-0.05, 0) is 12.8 Å². The van der Waals surface area contributed by atoms with Crippen molar-refractivity contribution in [2.75, 3.05) is 39.4 Å². The van der Waals surface area contributed by atoms with Crippen molar-refractivity contribution in [1.82, 2.24) is 9.80 Å². The van der Waals surface area contributed by atoms with Crippen molar-refractivity contribution in [3.05, 3.63) is 0 Å². The van der Waals surface area contributed by atoms with Crippen LogP contribution in [0, 0.1) is 0 Å². The molecule has 0 aliphatic carbocycles. The number of rotatable bonds is 4. The molecule has 0 atom stereocenters.